The van der Waals surface area contributed by atoms with Crippen LogP contribution < -0.4 is 10.6 Å². The number of carbonyl (C=O) groups excluding carboxylic acids is 1. The molecule has 0 bridgehead atoms. The largest absolute Gasteiger partial charge is 0.416 e. The van der Waals surface area contributed by atoms with Crippen LogP contribution in [0.2, 0.25) is 5.02 Å². The van der Waals surface area contributed by atoms with Crippen molar-refractivity contribution in [3.05, 3.63) is 69.2 Å². The Morgan fingerprint density at radius 1 is 1.22 bits per heavy atom. The molecule has 1 amide bonds. The van der Waals surface area contributed by atoms with E-state index in [9.17, 15) is 18.0 Å². The molecule has 5 rings (SSSR count). The van der Waals surface area contributed by atoms with Crippen molar-refractivity contribution >= 4 is 51.4 Å². The van der Waals surface area contributed by atoms with Crippen LogP contribution in [0.1, 0.15) is 16.7 Å². The van der Waals surface area contributed by atoms with E-state index in [0.717, 1.165) is 45.7 Å². The summed E-state index contributed by atoms with van der Waals surface area (Å²) in [4.78, 5) is 19.2. The summed E-state index contributed by atoms with van der Waals surface area (Å²) in [6.45, 7) is 3.99. The summed E-state index contributed by atoms with van der Waals surface area (Å²) < 4.78 is 42.0. The molecule has 2 aliphatic heterocycles. The molecule has 0 unspecified atom stereocenters. The molecule has 2 aromatic carbocycles. The average Bonchev–Trinajstić information content (AvgIpc) is 3.46. The van der Waals surface area contributed by atoms with E-state index in [1.165, 1.54) is 12.1 Å². The first-order chi connectivity index (χ1) is 17.7. The number of piperazine rings is 1. The molecule has 194 valence electrons. The fourth-order valence-corrected chi connectivity index (χ4v) is 5.38. The maximum absolute atomic E-state index is 13.5. The van der Waals surface area contributed by atoms with Gasteiger partial charge in [-0.05, 0) is 41.5 Å². The minimum atomic E-state index is -4.50. The first-order valence-corrected chi connectivity index (χ1v) is 12.9. The lowest BCUT2D eigenvalue weighted by molar-refractivity contribution is -0.138. The third-order valence-electron chi connectivity index (χ3n) is 6.12. The fraction of sp³-hybridized carbons (Fsp3) is 0.320. The van der Waals surface area contributed by atoms with E-state index in [2.05, 4.69) is 31.7 Å². The molecule has 3 heterocycles. The number of fused-ring (bicyclic) bond motifs is 1. The highest BCUT2D eigenvalue weighted by atomic mass is 35.5. The Morgan fingerprint density at radius 2 is 2.08 bits per heavy atom. The van der Waals surface area contributed by atoms with Crippen LogP contribution in [0.3, 0.4) is 0 Å². The van der Waals surface area contributed by atoms with Crippen molar-refractivity contribution in [2.75, 3.05) is 39.3 Å². The van der Waals surface area contributed by atoms with Crippen LogP contribution in [0.5, 0.6) is 0 Å². The van der Waals surface area contributed by atoms with Gasteiger partial charge in [0.1, 0.15) is 0 Å². The SMILES string of the molecule is O=C1CN(CCNC2=NCC(=Cc3ccc4c(cnn4Cc4ccc(Cl)cc4C(F)(F)F)c3)S2)CCN1. The zero-order valence-electron chi connectivity index (χ0n) is 19.7. The van der Waals surface area contributed by atoms with Gasteiger partial charge in [-0.1, -0.05) is 35.5 Å². The van der Waals surface area contributed by atoms with E-state index >= 15 is 0 Å². The molecule has 3 aromatic rings. The molecule has 1 fully saturated rings. The van der Waals surface area contributed by atoms with Crippen LogP contribution in [0.4, 0.5) is 13.2 Å². The third-order valence-corrected chi connectivity index (χ3v) is 7.33. The number of amides is 1. The van der Waals surface area contributed by atoms with E-state index < -0.39 is 11.7 Å². The highest BCUT2D eigenvalue weighted by Gasteiger charge is 2.33. The first-order valence-electron chi connectivity index (χ1n) is 11.7. The van der Waals surface area contributed by atoms with Crippen LogP contribution in [0.15, 0.2) is 52.5 Å². The molecule has 0 aliphatic carbocycles. The summed E-state index contributed by atoms with van der Waals surface area (Å²) in [6, 6.07) is 9.55. The number of rotatable bonds is 6. The molecule has 0 spiro atoms. The molecule has 12 heteroatoms. The number of carbonyl (C=O) groups is 1. The Kier molecular flexibility index (Phi) is 7.45. The van der Waals surface area contributed by atoms with Gasteiger partial charge in [0.2, 0.25) is 5.91 Å². The number of thioether (sulfide) groups is 1. The summed E-state index contributed by atoms with van der Waals surface area (Å²) in [5.41, 5.74) is 1.06. The normalized spacial score (nSPS) is 17.9. The molecule has 2 aliphatic rings. The summed E-state index contributed by atoms with van der Waals surface area (Å²) in [6.07, 6.45) is -0.788. The molecule has 0 radical (unpaired) electrons. The van der Waals surface area contributed by atoms with Gasteiger partial charge in [-0.25, -0.2) is 0 Å². The van der Waals surface area contributed by atoms with Crippen LogP contribution in [-0.2, 0) is 17.5 Å². The smallest absolute Gasteiger partial charge is 0.363 e. The lowest BCUT2D eigenvalue weighted by atomic mass is 10.1. The molecule has 0 saturated carbocycles. The predicted molar refractivity (Wildman–Crippen MR) is 141 cm³/mol. The predicted octanol–water partition coefficient (Wildman–Crippen LogP) is 4.22. The number of amidine groups is 1. The number of halogens is 4. The van der Waals surface area contributed by atoms with E-state index in [1.807, 2.05) is 18.2 Å². The molecule has 0 atom stereocenters. The zero-order chi connectivity index (χ0) is 26.0. The maximum Gasteiger partial charge on any atom is 0.416 e. The van der Waals surface area contributed by atoms with E-state index in [1.54, 1.807) is 22.6 Å². The summed E-state index contributed by atoms with van der Waals surface area (Å²) >= 11 is 7.38. The third kappa shape index (κ3) is 6.28. The van der Waals surface area contributed by atoms with Crippen molar-refractivity contribution in [1.29, 1.82) is 0 Å². The maximum atomic E-state index is 13.5. The van der Waals surface area contributed by atoms with E-state index in [0.29, 0.717) is 26.2 Å². The number of hydrogen-bond acceptors (Lipinski definition) is 6. The number of nitrogens with one attached hydrogen (secondary N) is 2. The quantitative estimate of drug-likeness (QED) is 0.482. The number of aromatic nitrogens is 2. The van der Waals surface area contributed by atoms with Crippen molar-refractivity contribution < 1.29 is 18.0 Å². The first kappa shape index (κ1) is 25.6. The van der Waals surface area contributed by atoms with Gasteiger partial charge in [0.05, 0.1) is 36.9 Å². The van der Waals surface area contributed by atoms with Crippen molar-refractivity contribution in [2.24, 2.45) is 4.99 Å². The van der Waals surface area contributed by atoms with Gasteiger partial charge in [0.25, 0.3) is 0 Å². The molecular weight excluding hydrogens is 525 g/mol. The fourth-order valence-electron chi connectivity index (χ4n) is 4.33. The summed E-state index contributed by atoms with van der Waals surface area (Å²) in [5.74, 6) is 0.0580. The van der Waals surface area contributed by atoms with Crippen LogP contribution in [0, 0.1) is 0 Å². The average molecular weight is 549 g/mol. The minimum absolute atomic E-state index is 0.0171. The summed E-state index contributed by atoms with van der Waals surface area (Å²) in [5, 5.41) is 12.2. The van der Waals surface area contributed by atoms with Crippen molar-refractivity contribution in [3.8, 4) is 0 Å². The number of hydrogen-bond donors (Lipinski definition) is 2. The van der Waals surface area contributed by atoms with Gasteiger partial charge < -0.3 is 10.6 Å². The lowest BCUT2D eigenvalue weighted by Crippen LogP contribution is -2.49. The van der Waals surface area contributed by atoms with Crippen molar-refractivity contribution in [2.45, 2.75) is 12.7 Å². The minimum Gasteiger partial charge on any atom is -0.363 e. The molecular formula is C25H24ClF3N6OS. The molecule has 1 aromatic heterocycles. The molecule has 37 heavy (non-hydrogen) atoms. The van der Waals surface area contributed by atoms with Crippen LogP contribution in [-0.4, -0.2) is 65.0 Å². The number of nitrogens with zero attached hydrogens (tertiary/aromatic N) is 4. The zero-order valence-corrected chi connectivity index (χ0v) is 21.3. The number of aliphatic imine (C=N–C) groups is 1. The molecule has 1 saturated heterocycles. The van der Waals surface area contributed by atoms with E-state index in [-0.39, 0.29) is 23.0 Å². The lowest BCUT2D eigenvalue weighted by Gasteiger charge is -2.26. The number of alkyl halides is 3. The molecule has 7 nitrogen and oxygen atoms in total. The Morgan fingerprint density at radius 3 is 2.89 bits per heavy atom. The summed E-state index contributed by atoms with van der Waals surface area (Å²) in [7, 11) is 0. The topological polar surface area (TPSA) is 74.5 Å². The van der Waals surface area contributed by atoms with Crippen molar-refractivity contribution in [1.82, 2.24) is 25.3 Å². The second kappa shape index (κ2) is 10.8. The standard InChI is InChI=1S/C25H24ClF3N6OS/c26-19-3-2-17(21(11-19)25(27,28)29)14-35-22-4-1-16(9-18(22)12-33-35)10-20-13-32-24(37-20)31-6-8-34-7-5-30-23(36)15-34/h1-4,9-12H,5-8,13-15H2,(H,30,36)(H,31,32). The number of benzene rings is 2. The second-order valence-electron chi connectivity index (χ2n) is 8.81. The van der Waals surface area contributed by atoms with Gasteiger partial charge in [-0.2, -0.15) is 18.3 Å². The highest BCUT2D eigenvalue weighted by molar-refractivity contribution is 8.17. The highest BCUT2D eigenvalue weighted by Crippen LogP contribution is 2.34. The van der Waals surface area contributed by atoms with Crippen LogP contribution >= 0.6 is 23.4 Å². The van der Waals surface area contributed by atoms with Gasteiger partial charge >= 0.3 is 6.18 Å². The molecule has 2 N–H and O–H groups in total. The Labute approximate surface area is 220 Å². The van der Waals surface area contributed by atoms with Gasteiger partial charge in [-0.3, -0.25) is 19.4 Å². The Hall–Kier alpha value is -3.02. The van der Waals surface area contributed by atoms with Gasteiger partial charge in [0.15, 0.2) is 5.17 Å². The van der Waals surface area contributed by atoms with E-state index in [4.69, 9.17) is 11.6 Å². The second-order valence-corrected chi connectivity index (χ2v) is 10.4. The van der Waals surface area contributed by atoms with Crippen molar-refractivity contribution in [3.63, 3.8) is 0 Å². The Bertz CT molecular complexity index is 1390. The Balaban J connectivity index is 1.21. The van der Waals surface area contributed by atoms with Crippen LogP contribution in [0.25, 0.3) is 17.0 Å². The van der Waals surface area contributed by atoms with Gasteiger partial charge in [0, 0.05) is 41.5 Å². The monoisotopic (exact) mass is 548 g/mol. The van der Waals surface area contributed by atoms with Gasteiger partial charge in [-0.15, -0.1) is 0 Å².